The van der Waals surface area contributed by atoms with Gasteiger partial charge in [0.2, 0.25) is 0 Å². The molecule has 1 atom stereocenters. The minimum atomic E-state index is 0.194. The number of anilines is 1. The molecule has 0 spiro atoms. The van der Waals surface area contributed by atoms with Crippen LogP contribution in [0.15, 0.2) is 24.3 Å². The highest BCUT2D eigenvalue weighted by atomic mass is 15.2. The number of hydrogen-bond donors (Lipinski definition) is 2. The molecule has 1 aromatic carbocycles. The SMILES string of the molecule is CC(NN)c1cccc(N(C)C)c1. The molecule has 0 heterocycles. The molecule has 0 aliphatic carbocycles. The molecule has 0 saturated carbocycles. The van der Waals surface area contributed by atoms with Gasteiger partial charge in [-0.15, -0.1) is 0 Å². The predicted octanol–water partition coefficient (Wildman–Crippen LogP) is 1.28. The maximum atomic E-state index is 5.37. The Kier molecular flexibility index (Phi) is 3.28. The van der Waals surface area contributed by atoms with Gasteiger partial charge in [-0.2, -0.15) is 0 Å². The monoisotopic (exact) mass is 179 g/mol. The van der Waals surface area contributed by atoms with Gasteiger partial charge >= 0.3 is 0 Å². The molecule has 1 unspecified atom stereocenters. The van der Waals surface area contributed by atoms with Crippen LogP contribution in [0.4, 0.5) is 5.69 Å². The molecule has 72 valence electrons. The fourth-order valence-electron chi connectivity index (χ4n) is 1.17. The fourth-order valence-corrected chi connectivity index (χ4v) is 1.17. The van der Waals surface area contributed by atoms with Crippen molar-refractivity contribution in [2.45, 2.75) is 13.0 Å². The van der Waals surface area contributed by atoms with Crippen molar-refractivity contribution in [3.05, 3.63) is 29.8 Å². The van der Waals surface area contributed by atoms with E-state index in [4.69, 9.17) is 5.84 Å². The molecular formula is C10H17N3. The normalized spacial score (nSPS) is 12.6. The summed E-state index contributed by atoms with van der Waals surface area (Å²) >= 11 is 0. The van der Waals surface area contributed by atoms with E-state index < -0.39 is 0 Å². The number of benzene rings is 1. The van der Waals surface area contributed by atoms with Crippen molar-refractivity contribution in [2.24, 2.45) is 5.84 Å². The van der Waals surface area contributed by atoms with Gasteiger partial charge in [-0.1, -0.05) is 12.1 Å². The summed E-state index contributed by atoms with van der Waals surface area (Å²) in [6, 6.07) is 8.51. The van der Waals surface area contributed by atoms with E-state index in [2.05, 4.69) is 28.5 Å². The van der Waals surface area contributed by atoms with Crippen LogP contribution in [0.5, 0.6) is 0 Å². The first-order valence-corrected chi connectivity index (χ1v) is 4.38. The molecule has 0 amide bonds. The Hall–Kier alpha value is -1.06. The first-order chi connectivity index (χ1) is 6.15. The van der Waals surface area contributed by atoms with E-state index in [0.717, 1.165) is 0 Å². The van der Waals surface area contributed by atoms with Crippen LogP contribution in [0, 0.1) is 0 Å². The van der Waals surface area contributed by atoms with Crippen molar-refractivity contribution in [2.75, 3.05) is 19.0 Å². The quantitative estimate of drug-likeness (QED) is 0.542. The summed E-state index contributed by atoms with van der Waals surface area (Å²) < 4.78 is 0. The molecule has 0 aromatic heterocycles. The molecule has 3 nitrogen and oxygen atoms in total. The molecule has 1 rings (SSSR count). The second-order valence-corrected chi connectivity index (χ2v) is 3.38. The molecular weight excluding hydrogens is 162 g/mol. The van der Waals surface area contributed by atoms with Gasteiger partial charge in [-0.25, -0.2) is 0 Å². The Morgan fingerprint density at radius 3 is 2.62 bits per heavy atom. The molecule has 0 aliphatic rings. The summed E-state index contributed by atoms with van der Waals surface area (Å²) in [5, 5.41) is 0. The van der Waals surface area contributed by atoms with E-state index in [9.17, 15) is 0 Å². The minimum absolute atomic E-state index is 0.194. The van der Waals surface area contributed by atoms with Crippen molar-refractivity contribution in [1.29, 1.82) is 0 Å². The van der Waals surface area contributed by atoms with Gasteiger partial charge in [0.1, 0.15) is 0 Å². The molecule has 0 radical (unpaired) electrons. The van der Waals surface area contributed by atoms with Gasteiger partial charge in [0.25, 0.3) is 0 Å². The van der Waals surface area contributed by atoms with Gasteiger partial charge in [0, 0.05) is 25.8 Å². The molecule has 13 heavy (non-hydrogen) atoms. The maximum Gasteiger partial charge on any atom is 0.0432 e. The molecule has 0 fully saturated rings. The highest BCUT2D eigenvalue weighted by Gasteiger charge is 2.03. The van der Waals surface area contributed by atoms with Crippen LogP contribution in [0.25, 0.3) is 0 Å². The fraction of sp³-hybridized carbons (Fsp3) is 0.400. The van der Waals surface area contributed by atoms with E-state index in [0.29, 0.717) is 0 Å². The van der Waals surface area contributed by atoms with Crippen molar-refractivity contribution in [3.8, 4) is 0 Å². The molecule has 0 bridgehead atoms. The largest absolute Gasteiger partial charge is 0.378 e. The van der Waals surface area contributed by atoms with E-state index in [1.807, 2.05) is 27.1 Å². The van der Waals surface area contributed by atoms with Crippen LogP contribution in [0.1, 0.15) is 18.5 Å². The number of rotatable bonds is 3. The van der Waals surface area contributed by atoms with Crippen molar-refractivity contribution < 1.29 is 0 Å². The molecule has 0 saturated heterocycles. The lowest BCUT2D eigenvalue weighted by Crippen LogP contribution is -2.25. The standard InChI is InChI=1S/C10H17N3/c1-8(12-11)9-5-4-6-10(7-9)13(2)3/h4-8,12H,11H2,1-3H3. The van der Waals surface area contributed by atoms with E-state index in [1.54, 1.807) is 0 Å². The summed E-state index contributed by atoms with van der Waals surface area (Å²) in [5.74, 6) is 5.37. The number of hydrogen-bond acceptors (Lipinski definition) is 3. The van der Waals surface area contributed by atoms with Crippen LogP contribution in [0.3, 0.4) is 0 Å². The van der Waals surface area contributed by atoms with E-state index >= 15 is 0 Å². The third kappa shape index (κ3) is 2.44. The molecule has 1 aromatic rings. The van der Waals surface area contributed by atoms with Gasteiger partial charge in [-0.3, -0.25) is 11.3 Å². The minimum Gasteiger partial charge on any atom is -0.378 e. The summed E-state index contributed by atoms with van der Waals surface area (Å²) in [4.78, 5) is 2.08. The van der Waals surface area contributed by atoms with E-state index in [-0.39, 0.29) is 6.04 Å². The molecule has 3 heteroatoms. The second-order valence-electron chi connectivity index (χ2n) is 3.38. The highest BCUT2D eigenvalue weighted by Crippen LogP contribution is 2.18. The van der Waals surface area contributed by atoms with Crippen LogP contribution >= 0.6 is 0 Å². The summed E-state index contributed by atoms with van der Waals surface area (Å²) in [7, 11) is 4.05. The smallest absolute Gasteiger partial charge is 0.0432 e. The van der Waals surface area contributed by atoms with Crippen LogP contribution < -0.4 is 16.2 Å². The number of nitrogens with zero attached hydrogens (tertiary/aromatic N) is 1. The van der Waals surface area contributed by atoms with Gasteiger partial charge in [0.05, 0.1) is 0 Å². The highest BCUT2D eigenvalue weighted by molar-refractivity contribution is 5.47. The topological polar surface area (TPSA) is 41.3 Å². The maximum absolute atomic E-state index is 5.37. The second kappa shape index (κ2) is 4.25. The summed E-state index contributed by atoms with van der Waals surface area (Å²) in [6.07, 6.45) is 0. The zero-order valence-corrected chi connectivity index (χ0v) is 8.41. The Balaban J connectivity index is 2.91. The average Bonchev–Trinajstić information content (AvgIpc) is 2.17. The average molecular weight is 179 g/mol. The summed E-state index contributed by atoms with van der Waals surface area (Å²) in [5.41, 5.74) is 5.13. The molecule has 3 N–H and O–H groups in total. The zero-order valence-electron chi connectivity index (χ0n) is 8.41. The van der Waals surface area contributed by atoms with Crippen molar-refractivity contribution >= 4 is 5.69 Å². The van der Waals surface area contributed by atoms with Crippen molar-refractivity contribution in [3.63, 3.8) is 0 Å². The Bertz CT molecular complexity index is 271. The Morgan fingerprint density at radius 2 is 2.08 bits per heavy atom. The van der Waals surface area contributed by atoms with Crippen molar-refractivity contribution in [1.82, 2.24) is 5.43 Å². The van der Waals surface area contributed by atoms with E-state index in [1.165, 1.54) is 11.3 Å². The van der Waals surface area contributed by atoms with Crippen LogP contribution in [0.2, 0.25) is 0 Å². The lowest BCUT2D eigenvalue weighted by Gasteiger charge is -2.16. The van der Waals surface area contributed by atoms with Crippen LogP contribution in [-0.2, 0) is 0 Å². The number of nitrogens with one attached hydrogen (secondary N) is 1. The predicted molar refractivity (Wildman–Crippen MR) is 56.5 cm³/mol. The third-order valence-electron chi connectivity index (χ3n) is 2.14. The lowest BCUT2D eigenvalue weighted by molar-refractivity contribution is 0.602. The Labute approximate surface area is 79.5 Å². The van der Waals surface area contributed by atoms with Crippen LogP contribution in [-0.4, -0.2) is 14.1 Å². The third-order valence-corrected chi connectivity index (χ3v) is 2.14. The van der Waals surface area contributed by atoms with Gasteiger partial charge in [-0.05, 0) is 24.6 Å². The first kappa shape index (κ1) is 10.0. The summed E-state index contributed by atoms with van der Waals surface area (Å²) in [6.45, 7) is 2.04. The van der Waals surface area contributed by atoms with Gasteiger partial charge in [0.15, 0.2) is 0 Å². The molecule has 0 aliphatic heterocycles. The van der Waals surface area contributed by atoms with Gasteiger partial charge < -0.3 is 4.90 Å². The number of nitrogens with two attached hydrogens (primary N) is 1. The zero-order chi connectivity index (χ0) is 9.84. The Morgan fingerprint density at radius 1 is 1.38 bits per heavy atom. The lowest BCUT2D eigenvalue weighted by atomic mass is 10.1. The first-order valence-electron chi connectivity index (χ1n) is 4.38. The number of hydrazine groups is 1.